The van der Waals surface area contributed by atoms with Crippen LogP contribution in [-0.2, 0) is 6.54 Å². The molecule has 2 aromatic carbocycles. The number of halogens is 2. The Bertz CT molecular complexity index is 1040. The first-order valence-corrected chi connectivity index (χ1v) is 7.65. The molecule has 0 saturated carbocycles. The van der Waals surface area contributed by atoms with Gasteiger partial charge in [0.2, 0.25) is 4.80 Å². The minimum Gasteiger partial charge on any atom is -0.263 e. The van der Waals surface area contributed by atoms with Crippen molar-refractivity contribution in [3.05, 3.63) is 80.5 Å². The summed E-state index contributed by atoms with van der Waals surface area (Å²) in [6, 6.07) is 12.0. The first-order valence-electron chi connectivity index (χ1n) is 6.84. The number of aromatic nitrogens is 2. The fraction of sp³-hybridized carbons (Fsp3) is 0.0625. The molecule has 0 amide bonds. The van der Waals surface area contributed by atoms with Gasteiger partial charge in [0.25, 0.3) is 0 Å². The fourth-order valence-corrected chi connectivity index (χ4v) is 2.75. The second kappa shape index (κ2) is 6.60. The minimum atomic E-state index is -0.967. The lowest BCUT2D eigenvalue weighted by Crippen LogP contribution is -2.27. The molecule has 0 aliphatic rings. The molecule has 0 aliphatic carbocycles. The Balaban J connectivity index is 1.99. The zero-order valence-corrected chi connectivity index (χ0v) is 13.0. The summed E-state index contributed by atoms with van der Waals surface area (Å²) in [6.45, 7) is 0.0607. The summed E-state index contributed by atoms with van der Waals surface area (Å²) in [5.41, 5.74) is 1.13. The van der Waals surface area contributed by atoms with Crippen molar-refractivity contribution in [2.45, 2.75) is 6.54 Å². The van der Waals surface area contributed by atoms with Crippen LogP contribution in [0, 0.1) is 23.0 Å². The van der Waals surface area contributed by atoms with Crippen molar-refractivity contribution in [3.8, 4) is 6.07 Å². The van der Waals surface area contributed by atoms with Gasteiger partial charge < -0.3 is 0 Å². The number of nitriles is 1. The van der Waals surface area contributed by atoms with Gasteiger partial charge in [-0.05, 0) is 53.5 Å². The van der Waals surface area contributed by atoms with E-state index in [-0.39, 0.29) is 6.54 Å². The average molecular weight is 344 g/mol. The molecular weight excluding hydrogens is 334 g/mol. The maximum atomic E-state index is 13.3. The molecule has 0 unspecified atom stereocenters. The van der Waals surface area contributed by atoms with Crippen LogP contribution in [0.25, 0.3) is 0 Å². The molecular formula is C16H10F2N4OS. The van der Waals surface area contributed by atoms with E-state index in [0.717, 1.165) is 23.7 Å². The van der Waals surface area contributed by atoms with E-state index in [9.17, 15) is 13.6 Å². The molecule has 0 radical (unpaired) electrons. The van der Waals surface area contributed by atoms with E-state index >= 15 is 0 Å². The molecule has 0 fully saturated rings. The lowest BCUT2D eigenvalue weighted by molar-refractivity contribution is 0.506. The normalized spacial score (nSPS) is 11.5. The SMILES string of the molecule is N#Cc1ccc(/N=c2\s[nH]c(=O)n2Cc2ccc(F)c(F)c2)cc1. The molecule has 1 aromatic heterocycles. The first kappa shape index (κ1) is 15.8. The molecule has 24 heavy (non-hydrogen) atoms. The highest BCUT2D eigenvalue weighted by atomic mass is 32.1. The highest BCUT2D eigenvalue weighted by Gasteiger charge is 2.07. The monoisotopic (exact) mass is 344 g/mol. The molecule has 0 bridgehead atoms. The standard InChI is InChI=1S/C16H10F2N4OS/c17-13-6-3-11(7-14(13)18)9-22-15(23)21-24-16(22)20-12-4-1-10(8-19)2-5-12/h1-7H,9H2,(H,21,23)/b20-16-. The van der Waals surface area contributed by atoms with Crippen LogP contribution >= 0.6 is 11.5 Å². The van der Waals surface area contributed by atoms with Gasteiger partial charge in [-0.1, -0.05) is 6.07 Å². The summed E-state index contributed by atoms with van der Waals surface area (Å²) in [7, 11) is 0. The van der Waals surface area contributed by atoms with E-state index in [1.165, 1.54) is 10.6 Å². The molecule has 5 nitrogen and oxygen atoms in total. The van der Waals surface area contributed by atoms with Crippen molar-refractivity contribution in [1.29, 1.82) is 5.26 Å². The maximum absolute atomic E-state index is 13.3. The van der Waals surface area contributed by atoms with E-state index in [4.69, 9.17) is 5.26 Å². The molecule has 0 saturated heterocycles. The Labute approximate surface area is 138 Å². The number of nitrogens with one attached hydrogen (secondary N) is 1. The van der Waals surface area contributed by atoms with Crippen LogP contribution in [0.1, 0.15) is 11.1 Å². The summed E-state index contributed by atoms with van der Waals surface area (Å²) in [5, 5.41) is 8.79. The van der Waals surface area contributed by atoms with Crippen molar-refractivity contribution in [2.75, 3.05) is 0 Å². The first-order chi connectivity index (χ1) is 11.6. The highest BCUT2D eigenvalue weighted by molar-refractivity contribution is 7.02. The van der Waals surface area contributed by atoms with Crippen LogP contribution in [0.3, 0.4) is 0 Å². The van der Waals surface area contributed by atoms with Gasteiger partial charge in [-0.3, -0.25) is 8.94 Å². The third-order valence-electron chi connectivity index (χ3n) is 3.25. The predicted octanol–water partition coefficient (Wildman–Crippen LogP) is 2.67. The van der Waals surface area contributed by atoms with Gasteiger partial charge in [-0.15, -0.1) is 0 Å². The summed E-state index contributed by atoms with van der Waals surface area (Å²) in [5.74, 6) is -1.91. The molecule has 3 rings (SSSR count). The van der Waals surface area contributed by atoms with Gasteiger partial charge in [-0.25, -0.2) is 18.6 Å². The smallest absolute Gasteiger partial charge is 0.263 e. The van der Waals surface area contributed by atoms with Crippen LogP contribution < -0.4 is 10.5 Å². The quantitative estimate of drug-likeness (QED) is 0.793. The minimum absolute atomic E-state index is 0.0607. The number of benzene rings is 2. The number of nitrogens with zero attached hydrogens (tertiary/aromatic N) is 3. The molecule has 1 N–H and O–H groups in total. The Morgan fingerprint density at radius 3 is 2.58 bits per heavy atom. The number of hydrogen-bond acceptors (Lipinski definition) is 4. The summed E-state index contributed by atoms with van der Waals surface area (Å²) in [4.78, 5) is 16.7. The van der Waals surface area contributed by atoms with Crippen LogP contribution in [0.2, 0.25) is 0 Å². The van der Waals surface area contributed by atoms with Gasteiger partial charge in [0.05, 0.1) is 23.9 Å². The van der Waals surface area contributed by atoms with Crippen molar-refractivity contribution in [1.82, 2.24) is 8.94 Å². The van der Waals surface area contributed by atoms with Crippen molar-refractivity contribution in [2.24, 2.45) is 4.99 Å². The largest absolute Gasteiger partial charge is 0.337 e. The lowest BCUT2D eigenvalue weighted by Gasteiger charge is -2.02. The molecule has 0 aliphatic heterocycles. The lowest BCUT2D eigenvalue weighted by atomic mass is 10.2. The summed E-state index contributed by atoms with van der Waals surface area (Å²) in [6.07, 6.45) is 0. The second-order valence-electron chi connectivity index (χ2n) is 4.90. The van der Waals surface area contributed by atoms with E-state index in [1.807, 2.05) is 6.07 Å². The van der Waals surface area contributed by atoms with E-state index in [1.54, 1.807) is 24.3 Å². The van der Waals surface area contributed by atoms with Gasteiger partial charge in [0.15, 0.2) is 11.6 Å². The van der Waals surface area contributed by atoms with Gasteiger partial charge >= 0.3 is 5.69 Å². The van der Waals surface area contributed by atoms with Crippen LogP contribution in [0.15, 0.2) is 52.3 Å². The average Bonchev–Trinajstić information content (AvgIpc) is 2.92. The predicted molar refractivity (Wildman–Crippen MR) is 84.8 cm³/mol. The zero-order chi connectivity index (χ0) is 17.1. The zero-order valence-electron chi connectivity index (χ0n) is 12.2. The van der Waals surface area contributed by atoms with Gasteiger partial charge in [0, 0.05) is 0 Å². The van der Waals surface area contributed by atoms with Crippen molar-refractivity contribution < 1.29 is 8.78 Å². The van der Waals surface area contributed by atoms with Crippen LogP contribution in [0.5, 0.6) is 0 Å². The van der Waals surface area contributed by atoms with Gasteiger partial charge in [0.1, 0.15) is 0 Å². The number of aromatic amines is 1. The molecule has 1 heterocycles. The highest BCUT2D eigenvalue weighted by Crippen LogP contribution is 2.12. The number of rotatable bonds is 3. The van der Waals surface area contributed by atoms with Crippen molar-refractivity contribution >= 4 is 17.2 Å². The molecule has 8 heteroatoms. The third-order valence-corrected chi connectivity index (χ3v) is 4.02. The topological polar surface area (TPSA) is 73.9 Å². The van der Waals surface area contributed by atoms with E-state index in [0.29, 0.717) is 21.6 Å². The Kier molecular flexibility index (Phi) is 4.35. The molecule has 120 valence electrons. The summed E-state index contributed by atoms with van der Waals surface area (Å²) >= 11 is 1.03. The second-order valence-corrected chi connectivity index (χ2v) is 5.67. The molecule has 0 spiro atoms. The Morgan fingerprint density at radius 1 is 1.17 bits per heavy atom. The van der Waals surface area contributed by atoms with Crippen molar-refractivity contribution in [3.63, 3.8) is 0 Å². The maximum Gasteiger partial charge on any atom is 0.337 e. The van der Waals surface area contributed by atoms with Crippen LogP contribution in [0.4, 0.5) is 14.5 Å². The summed E-state index contributed by atoms with van der Waals surface area (Å²) < 4.78 is 30.2. The Hall–Kier alpha value is -3.05. The van der Waals surface area contributed by atoms with E-state index < -0.39 is 17.3 Å². The van der Waals surface area contributed by atoms with Gasteiger partial charge in [-0.2, -0.15) is 5.26 Å². The Morgan fingerprint density at radius 2 is 1.92 bits per heavy atom. The molecule has 3 aromatic rings. The van der Waals surface area contributed by atoms with E-state index in [2.05, 4.69) is 9.37 Å². The number of H-pyrrole nitrogens is 1. The fourth-order valence-electron chi connectivity index (χ4n) is 2.05. The molecule has 0 atom stereocenters. The van der Waals surface area contributed by atoms with Crippen LogP contribution in [-0.4, -0.2) is 8.94 Å². The number of hydrogen-bond donors (Lipinski definition) is 1. The third kappa shape index (κ3) is 3.31.